The van der Waals surface area contributed by atoms with Crippen LogP contribution in [0.5, 0.6) is 0 Å². The van der Waals surface area contributed by atoms with Crippen LogP contribution in [0.3, 0.4) is 0 Å². The van der Waals surface area contributed by atoms with Crippen molar-refractivity contribution in [1.82, 2.24) is 0 Å². The maximum atomic E-state index is 9.20. The Morgan fingerprint density at radius 1 is 1.25 bits per heavy atom. The summed E-state index contributed by atoms with van der Waals surface area (Å²) in [5.41, 5.74) is 0. The summed E-state index contributed by atoms with van der Waals surface area (Å²) in [4.78, 5) is 0. The number of halogens is 1. The largest absolute Gasteiger partial charge is 0.392 e. The van der Waals surface area contributed by atoms with Crippen molar-refractivity contribution in [1.29, 1.82) is 0 Å². The van der Waals surface area contributed by atoms with Gasteiger partial charge in [-0.05, 0) is 5.92 Å². The van der Waals surface area contributed by atoms with E-state index in [2.05, 4.69) is 22.6 Å². The van der Waals surface area contributed by atoms with Gasteiger partial charge in [-0.1, -0.05) is 43.4 Å². The quantitative estimate of drug-likeness (QED) is 0.564. The Bertz CT molecular complexity index is 53.5. The topological polar surface area (TPSA) is 20.2 Å². The molecular weight excluding hydrogens is 215 g/mol. The lowest BCUT2D eigenvalue weighted by Gasteiger charge is -2.15. The maximum Gasteiger partial charge on any atom is 0.0677 e. The van der Waals surface area contributed by atoms with E-state index in [1.807, 2.05) is 20.8 Å². The molecule has 0 aromatic rings. The fourth-order valence-electron chi connectivity index (χ4n) is 0.530. The van der Waals surface area contributed by atoms with Crippen molar-refractivity contribution in [3.05, 3.63) is 0 Å². The molecule has 8 heavy (non-hydrogen) atoms. The molecule has 0 spiro atoms. The van der Waals surface area contributed by atoms with Crippen LogP contribution in [0.15, 0.2) is 0 Å². The van der Waals surface area contributed by atoms with E-state index in [4.69, 9.17) is 0 Å². The van der Waals surface area contributed by atoms with Crippen LogP contribution >= 0.6 is 22.6 Å². The van der Waals surface area contributed by atoms with Crippen LogP contribution in [-0.2, 0) is 0 Å². The highest BCUT2D eigenvalue weighted by Crippen LogP contribution is 2.12. The molecule has 1 nitrogen and oxygen atoms in total. The van der Waals surface area contributed by atoms with Crippen molar-refractivity contribution in [3.8, 4) is 0 Å². The number of rotatable bonds is 2. The van der Waals surface area contributed by atoms with Crippen molar-refractivity contribution in [2.45, 2.75) is 30.8 Å². The number of aliphatic hydroxyl groups excluding tert-OH is 1. The molecule has 0 amide bonds. The standard InChI is InChI=1S/C6H13IO/c1-4(2)6(8)5(3)7/h4-6,8H,1-3H3. The first-order valence-corrected chi connectivity index (χ1v) is 4.12. The lowest BCUT2D eigenvalue weighted by atomic mass is 10.1. The fraction of sp³-hybridized carbons (Fsp3) is 1.00. The molecule has 0 aliphatic rings. The number of aliphatic hydroxyl groups is 1. The third kappa shape index (κ3) is 2.87. The summed E-state index contributed by atoms with van der Waals surface area (Å²) in [6, 6.07) is 0. The third-order valence-corrected chi connectivity index (χ3v) is 1.89. The minimum atomic E-state index is -0.143. The van der Waals surface area contributed by atoms with Crippen LogP contribution in [0, 0.1) is 5.92 Å². The van der Waals surface area contributed by atoms with E-state index in [0.29, 0.717) is 9.84 Å². The van der Waals surface area contributed by atoms with Gasteiger partial charge in [-0.3, -0.25) is 0 Å². The van der Waals surface area contributed by atoms with Gasteiger partial charge in [0.15, 0.2) is 0 Å². The molecule has 0 bridgehead atoms. The number of alkyl halides is 1. The van der Waals surface area contributed by atoms with Gasteiger partial charge in [-0.15, -0.1) is 0 Å². The Hall–Kier alpha value is 0.690. The summed E-state index contributed by atoms with van der Waals surface area (Å²) in [6.45, 7) is 6.07. The zero-order valence-corrected chi connectivity index (χ0v) is 7.71. The summed E-state index contributed by atoms with van der Waals surface area (Å²) < 4.78 is 0.368. The molecular formula is C6H13IO. The van der Waals surface area contributed by atoms with Gasteiger partial charge in [0.25, 0.3) is 0 Å². The van der Waals surface area contributed by atoms with E-state index in [1.54, 1.807) is 0 Å². The highest BCUT2D eigenvalue weighted by molar-refractivity contribution is 14.1. The van der Waals surface area contributed by atoms with E-state index in [0.717, 1.165) is 0 Å². The molecule has 0 aliphatic carbocycles. The normalized spacial score (nSPS) is 18.8. The van der Waals surface area contributed by atoms with Crippen LogP contribution in [0.4, 0.5) is 0 Å². The highest BCUT2D eigenvalue weighted by atomic mass is 127. The third-order valence-electron chi connectivity index (χ3n) is 1.15. The summed E-state index contributed by atoms with van der Waals surface area (Å²) in [7, 11) is 0. The summed E-state index contributed by atoms with van der Waals surface area (Å²) in [5, 5.41) is 9.20. The predicted octanol–water partition coefficient (Wildman–Crippen LogP) is 1.83. The Kier molecular flexibility index (Phi) is 3.98. The molecule has 50 valence electrons. The maximum absolute atomic E-state index is 9.20. The van der Waals surface area contributed by atoms with Gasteiger partial charge in [0.05, 0.1) is 6.10 Å². The van der Waals surface area contributed by atoms with Crippen molar-refractivity contribution < 1.29 is 5.11 Å². The van der Waals surface area contributed by atoms with Crippen LogP contribution in [0.25, 0.3) is 0 Å². The van der Waals surface area contributed by atoms with E-state index in [-0.39, 0.29) is 6.10 Å². The molecule has 0 radical (unpaired) electrons. The predicted molar refractivity (Wildman–Crippen MR) is 44.3 cm³/mol. The van der Waals surface area contributed by atoms with E-state index >= 15 is 0 Å². The second-order valence-corrected chi connectivity index (χ2v) is 4.38. The van der Waals surface area contributed by atoms with Crippen molar-refractivity contribution in [2.24, 2.45) is 5.92 Å². The van der Waals surface area contributed by atoms with Gasteiger partial charge in [0.1, 0.15) is 0 Å². The van der Waals surface area contributed by atoms with Crippen LogP contribution in [0.2, 0.25) is 0 Å². The van der Waals surface area contributed by atoms with Gasteiger partial charge < -0.3 is 5.11 Å². The first kappa shape index (κ1) is 8.69. The fourth-order valence-corrected chi connectivity index (χ4v) is 1.36. The average Bonchev–Trinajstić information content (AvgIpc) is 1.64. The summed E-state index contributed by atoms with van der Waals surface area (Å²) in [6.07, 6.45) is -0.143. The second kappa shape index (κ2) is 3.67. The minimum absolute atomic E-state index is 0.143. The van der Waals surface area contributed by atoms with Crippen LogP contribution in [0.1, 0.15) is 20.8 Å². The minimum Gasteiger partial charge on any atom is -0.392 e. The molecule has 0 saturated heterocycles. The van der Waals surface area contributed by atoms with Crippen LogP contribution in [-0.4, -0.2) is 15.1 Å². The molecule has 0 aromatic heterocycles. The molecule has 0 fully saturated rings. The number of hydrogen-bond donors (Lipinski definition) is 1. The lowest BCUT2D eigenvalue weighted by molar-refractivity contribution is 0.131. The molecule has 0 rings (SSSR count). The molecule has 0 aromatic carbocycles. The zero-order valence-electron chi connectivity index (χ0n) is 5.56. The van der Waals surface area contributed by atoms with Crippen LogP contribution < -0.4 is 0 Å². The van der Waals surface area contributed by atoms with Gasteiger partial charge >= 0.3 is 0 Å². The first-order chi connectivity index (χ1) is 3.55. The van der Waals surface area contributed by atoms with Gasteiger partial charge in [0.2, 0.25) is 0 Å². The first-order valence-electron chi connectivity index (χ1n) is 2.88. The second-order valence-electron chi connectivity index (χ2n) is 2.41. The van der Waals surface area contributed by atoms with Crippen molar-refractivity contribution >= 4 is 22.6 Å². The zero-order chi connectivity index (χ0) is 6.73. The molecule has 0 aliphatic heterocycles. The Labute approximate surface area is 64.6 Å². The van der Waals surface area contributed by atoms with Gasteiger partial charge in [0, 0.05) is 3.92 Å². The lowest BCUT2D eigenvalue weighted by Crippen LogP contribution is -2.23. The number of hydrogen-bond acceptors (Lipinski definition) is 1. The highest BCUT2D eigenvalue weighted by Gasteiger charge is 2.13. The summed E-state index contributed by atoms with van der Waals surface area (Å²) in [5.74, 6) is 0.391. The Balaban J connectivity index is 3.46. The molecule has 2 unspecified atom stereocenters. The van der Waals surface area contributed by atoms with E-state index in [1.165, 1.54) is 0 Å². The molecule has 1 N–H and O–H groups in total. The van der Waals surface area contributed by atoms with E-state index < -0.39 is 0 Å². The Morgan fingerprint density at radius 3 is 1.62 bits per heavy atom. The van der Waals surface area contributed by atoms with Gasteiger partial charge in [-0.2, -0.15) is 0 Å². The Morgan fingerprint density at radius 2 is 1.62 bits per heavy atom. The van der Waals surface area contributed by atoms with Crippen molar-refractivity contribution in [2.75, 3.05) is 0 Å². The SMILES string of the molecule is CC(C)C(O)C(C)I. The van der Waals surface area contributed by atoms with E-state index in [9.17, 15) is 5.11 Å². The van der Waals surface area contributed by atoms with Gasteiger partial charge in [-0.25, -0.2) is 0 Å². The molecule has 2 atom stereocenters. The average molecular weight is 228 g/mol. The molecule has 0 saturated carbocycles. The summed E-state index contributed by atoms with van der Waals surface area (Å²) >= 11 is 2.23. The molecule has 2 heteroatoms. The monoisotopic (exact) mass is 228 g/mol. The smallest absolute Gasteiger partial charge is 0.0677 e. The van der Waals surface area contributed by atoms with Crippen molar-refractivity contribution in [3.63, 3.8) is 0 Å². The molecule has 0 heterocycles.